The highest BCUT2D eigenvalue weighted by atomic mass is 35.5. The molecule has 2 unspecified atom stereocenters. The van der Waals surface area contributed by atoms with Gasteiger partial charge >= 0.3 is 12.1 Å². The summed E-state index contributed by atoms with van der Waals surface area (Å²) in [4.78, 5) is 39.3. The molecule has 0 radical (unpaired) electrons. The lowest BCUT2D eigenvalue weighted by Gasteiger charge is -2.20. The standard InChI is InChI=1S/C23H17F3N2O5S2.ClH/c24-23(25,26)15-3-1-2-14(9-15)18(33-21(30)17-11-34-12-27-17)10-32-16-6-4-13(5-7-16)8-19-20(29)28-22(31)35-19;/h1-7,9,11-12,18-19H,8,10H2,(H,28,29,31);1H. The zero-order chi connectivity index (χ0) is 25.0. The van der Waals surface area contributed by atoms with E-state index in [2.05, 4.69) is 10.3 Å². The highest BCUT2D eigenvalue weighted by Crippen LogP contribution is 2.32. The van der Waals surface area contributed by atoms with Crippen molar-refractivity contribution in [3.8, 4) is 5.75 Å². The summed E-state index contributed by atoms with van der Waals surface area (Å²) in [7, 11) is 0. The SMILES string of the molecule is Cl.O=C1NC(=O)C(Cc2ccc(OCC(OC(=O)c3cscn3)c3cccc(C(F)(F)F)c3)cc2)S1. The molecule has 1 aromatic heterocycles. The van der Waals surface area contributed by atoms with E-state index >= 15 is 0 Å². The molecule has 2 amide bonds. The Hall–Kier alpha value is -3.09. The number of ether oxygens (including phenoxy) is 2. The van der Waals surface area contributed by atoms with Gasteiger partial charge in [-0.1, -0.05) is 36.0 Å². The van der Waals surface area contributed by atoms with Crippen molar-refractivity contribution < 1.29 is 37.0 Å². The van der Waals surface area contributed by atoms with Gasteiger partial charge in [-0.15, -0.1) is 23.7 Å². The molecule has 7 nitrogen and oxygen atoms in total. The summed E-state index contributed by atoms with van der Waals surface area (Å²) in [5, 5.41) is 2.81. The van der Waals surface area contributed by atoms with Gasteiger partial charge < -0.3 is 9.47 Å². The molecule has 0 spiro atoms. The Bertz CT molecular complexity index is 1220. The summed E-state index contributed by atoms with van der Waals surface area (Å²) in [6.07, 6.45) is -5.34. The molecular weight excluding hydrogens is 541 g/mol. The Labute approximate surface area is 217 Å². The fourth-order valence-electron chi connectivity index (χ4n) is 3.25. The fraction of sp³-hybridized carbons (Fsp3) is 0.217. The number of esters is 1. The minimum absolute atomic E-state index is 0. The van der Waals surface area contributed by atoms with Gasteiger partial charge in [-0.25, -0.2) is 9.78 Å². The van der Waals surface area contributed by atoms with Crippen molar-refractivity contribution in [2.45, 2.75) is 24.0 Å². The van der Waals surface area contributed by atoms with E-state index in [1.807, 2.05) is 0 Å². The van der Waals surface area contributed by atoms with E-state index in [0.717, 1.165) is 29.5 Å². The Morgan fingerprint density at radius 2 is 1.89 bits per heavy atom. The summed E-state index contributed by atoms with van der Waals surface area (Å²) in [5.41, 5.74) is 1.53. The molecule has 1 saturated heterocycles. The average Bonchev–Trinajstić information content (AvgIpc) is 3.47. The molecule has 1 aliphatic rings. The Kier molecular flexibility index (Phi) is 8.98. The van der Waals surface area contributed by atoms with Gasteiger partial charge in [0.1, 0.15) is 12.4 Å². The molecule has 190 valence electrons. The number of nitrogens with zero attached hydrogens (tertiary/aromatic N) is 1. The van der Waals surface area contributed by atoms with E-state index in [1.54, 1.807) is 24.3 Å². The molecule has 2 heterocycles. The smallest absolute Gasteiger partial charge is 0.416 e. The minimum Gasteiger partial charge on any atom is -0.489 e. The molecule has 2 aromatic carbocycles. The predicted octanol–water partition coefficient (Wildman–Crippen LogP) is 5.45. The van der Waals surface area contributed by atoms with E-state index in [9.17, 15) is 27.6 Å². The van der Waals surface area contributed by atoms with Gasteiger partial charge in [0.15, 0.2) is 11.8 Å². The van der Waals surface area contributed by atoms with Gasteiger partial charge in [-0.3, -0.25) is 14.9 Å². The van der Waals surface area contributed by atoms with Crippen LogP contribution < -0.4 is 10.1 Å². The zero-order valence-electron chi connectivity index (χ0n) is 18.2. The van der Waals surface area contributed by atoms with Crippen molar-refractivity contribution in [3.63, 3.8) is 0 Å². The number of rotatable bonds is 8. The molecule has 1 aliphatic heterocycles. The van der Waals surface area contributed by atoms with Crippen LogP contribution in [0.4, 0.5) is 18.0 Å². The number of hydrogen-bond acceptors (Lipinski definition) is 8. The first kappa shape index (κ1) is 27.5. The molecule has 36 heavy (non-hydrogen) atoms. The number of nitrogens with one attached hydrogen (secondary N) is 1. The number of thiazole rings is 1. The fourth-order valence-corrected chi connectivity index (χ4v) is 4.63. The number of alkyl halides is 3. The van der Waals surface area contributed by atoms with Crippen LogP contribution in [0.2, 0.25) is 0 Å². The summed E-state index contributed by atoms with van der Waals surface area (Å²) < 4.78 is 50.8. The van der Waals surface area contributed by atoms with Gasteiger partial charge in [-0.05, 0) is 41.8 Å². The Morgan fingerprint density at radius 1 is 1.14 bits per heavy atom. The number of halogens is 4. The molecule has 0 aliphatic carbocycles. The lowest BCUT2D eigenvalue weighted by molar-refractivity contribution is -0.137. The van der Waals surface area contributed by atoms with Gasteiger partial charge in [-0.2, -0.15) is 13.2 Å². The van der Waals surface area contributed by atoms with Crippen LogP contribution in [0, 0.1) is 0 Å². The second-order valence-electron chi connectivity index (χ2n) is 7.43. The van der Waals surface area contributed by atoms with Gasteiger partial charge in [0.25, 0.3) is 5.24 Å². The molecule has 1 fully saturated rings. The number of amides is 2. The van der Waals surface area contributed by atoms with Crippen molar-refractivity contribution in [1.82, 2.24) is 10.3 Å². The highest BCUT2D eigenvalue weighted by molar-refractivity contribution is 8.15. The maximum absolute atomic E-state index is 13.2. The van der Waals surface area contributed by atoms with Gasteiger partial charge in [0, 0.05) is 5.38 Å². The van der Waals surface area contributed by atoms with Crippen molar-refractivity contribution >= 4 is 52.6 Å². The second-order valence-corrected chi connectivity index (χ2v) is 9.33. The quantitative estimate of drug-likeness (QED) is 0.367. The first-order chi connectivity index (χ1) is 16.7. The average molecular weight is 559 g/mol. The van der Waals surface area contributed by atoms with Crippen molar-refractivity contribution in [2.24, 2.45) is 0 Å². The molecule has 0 saturated carbocycles. The highest BCUT2D eigenvalue weighted by Gasteiger charge is 2.32. The van der Waals surface area contributed by atoms with Crippen LogP contribution >= 0.6 is 35.5 Å². The van der Waals surface area contributed by atoms with Crippen molar-refractivity contribution in [1.29, 1.82) is 0 Å². The van der Waals surface area contributed by atoms with Gasteiger partial charge in [0.2, 0.25) is 5.91 Å². The number of carbonyl (C=O) groups is 3. The topological polar surface area (TPSA) is 94.6 Å². The number of carbonyl (C=O) groups excluding carboxylic acids is 3. The number of imide groups is 1. The van der Waals surface area contributed by atoms with Crippen LogP contribution in [0.25, 0.3) is 0 Å². The largest absolute Gasteiger partial charge is 0.489 e. The van der Waals surface area contributed by atoms with Crippen LogP contribution in [-0.2, 0) is 22.1 Å². The Balaban J connectivity index is 0.00000361. The van der Waals surface area contributed by atoms with Gasteiger partial charge in [0.05, 0.1) is 16.3 Å². The first-order valence-electron chi connectivity index (χ1n) is 10.2. The van der Waals surface area contributed by atoms with E-state index in [1.165, 1.54) is 34.4 Å². The summed E-state index contributed by atoms with van der Waals surface area (Å²) in [6, 6.07) is 11.2. The molecule has 1 N–H and O–H groups in total. The van der Waals surface area contributed by atoms with Crippen LogP contribution in [0.3, 0.4) is 0 Å². The molecular formula is C23H18ClF3N2O5S2. The number of benzene rings is 2. The predicted molar refractivity (Wildman–Crippen MR) is 130 cm³/mol. The maximum atomic E-state index is 13.2. The molecule has 0 bridgehead atoms. The second kappa shape index (κ2) is 11.8. The van der Waals surface area contributed by atoms with E-state index in [0.29, 0.717) is 12.2 Å². The zero-order valence-corrected chi connectivity index (χ0v) is 20.6. The monoisotopic (exact) mass is 558 g/mol. The third kappa shape index (κ3) is 6.99. The number of hydrogen-bond donors (Lipinski definition) is 1. The molecule has 4 rings (SSSR count). The van der Waals surface area contributed by atoms with Crippen LogP contribution in [0.15, 0.2) is 59.4 Å². The third-order valence-corrected chi connectivity index (χ3v) is 6.56. The Morgan fingerprint density at radius 3 is 2.50 bits per heavy atom. The number of aromatic nitrogens is 1. The van der Waals surface area contributed by atoms with Crippen LogP contribution in [0.5, 0.6) is 5.75 Å². The lowest BCUT2D eigenvalue weighted by Crippen LogP contribution is -2.25. The van der Waals surface area contributed by atoms with Crippen molar-refractivity contribution in [3.05, 3.63) is 81.8 Å². The maximum Gasteiger partial charge on any atom is 0.416 e. The number of thioether (sulfide) groups is 1. The normalized spacial score (nSPS) is 16.1. The molecule has 2 atom stereocenters. The van der Waals surface area contributed by atoms with Crippen molar-refractivity contribution in [2.75, 3.05) is 6.61 Å². The molecule has 3 aromatic rings. The summed E-state index contributed by atoms with van der Waals surface area (Å²) in [5.74, 6) is -0.740. The van der Waals surface area contributed by atoms with E-state index < -0.39 is 29.1 Å². The van der Waals surface area contributed by atoms with Crippen LogP contribution in [-0.4, -0.2) is 34.0 Å². The first-order valence-corrected chi connectivity index (χ1v) is 12.0. The van der Waals surface area contributed by atoms with E-state index in [4.69, 9.17) is 9.47 Å². The lowest BCUT2D eigenvalue weighted by atomic mass is 10.1. The van der Waals surface area contributed by atoms with Crippen LogP contribution in [0.1, 0.15) is 33.3 Å². The third-order valence-electron chi connectivity index (χ3n) is 4.99. The molecule has 13 heteroatoms. The summed E-state index contributed by atoms with van der Waals surface area (Å²) >= 11 is 2.11. The summed E-state index contributed by atoms with van der Waals surface area (Å²) in [6.45, 7) is -0.244. The minimum atomic E-state index is -4.56. The van der Waals surface area contributed by atoms with E-state index in [-0.39, 0.29) is 41.4 Å².